The van der Waals surface area contributed by atoms with Crippen LogP contribution in [0.1, 0.15) is 28.6 Å². The zero-order valence-electron chi connectivity index (χ0n) is 20.3. The number of benzene rings is 1. The van der Waals surface area contributed by atoms with Crippen molar-refractivity contribution in [3.05, 3.63) is 64.7 Å². The summed E-state index contributed by atoms with van der Waals surface area (Å²) in [6, 6.07) is 8.85. The Kier molecular flexibility index (Phi) is 6.98. The molecule has 12 heteroatoms. The number of nitrogens with zero attached hydrogens (tertiary/aromatic N) is 4. The largest absolute Gasteiger partial charge is 0.481 e. The van der Waals surface area contributed by atoms with E-state index in [9.17, 15) is 14.6 Å². The average Bonchev–Trinajstić information content (AvgIpc) is 3.20. The van der Waals surface area contributed by atoms with Gasteiger partial charge in [-0.05, 0) is 30.7 Å². The first-order valence-electron chi connectivity index (χ1n) is 11.8. The number of methoxy groups -OCH3 is 1. The summed E-state index contributed by atoms with van der Waals surface area (Å²) in [5.74, 6) is 0.520. The van der Waals surface area contributed by atoms with Crippen LogP contribution in [-0.2, 0) is 11.3 Å². The number of aliphatic hydroxyl groups is 2. The molecule has 5 rings (SSSR count). The molecule has 1 aromatic carbocycles. The number of nitrogen functional groups attached to an aromatic ring is 1. The van der Waals surface area contributed by atoms with Crippen LogP contribution in [0.15, 0.2) is 41.4 Å². The van der Waals surface area contributed by atoms with Gasteiger partial charge in [-0.3, -0.25) is 9.83 Å². The van der Waals surface area contributed by atoms with E-state index in [4.69, 9.17) is 20.3 Å². The van der Waals surface area contributed by atoms with Gasteiger partial charge in [0.25, 0.3) is 0 Å². The van der Waals surface area contributed by atoms with Gasteiger partial charge in [0.1, 0.15) is 5.82 Å². The van der Waals surface area contributed by atoms with E-state index in [1.165, 1.54) is 19.2 Å². The molecule has 4 heterocycles. The molecule has 0 spiro atoms. The number of aliphatic imine (C=N–C) groups is 1. The number of hydrogen-bond acceptors (Lipinski definition) is 11. The Morgan fingerprint density at radius 3 is 2.78 bits per heavy atom. The third-order valence-corrected chi connectivity index (χ3v) is 6.50. The van der Waals surface area contributed by atoms with Gasteiger partial charge in [0.05, 0.1) is 60.7 Å². The number of nitrogens with one attached hydrogen (secondary N) is 2. The van der Waals surface area contributed by atoms with Gasteiger partial charge in [-0.2, -0.15) is 0 Å². The number of nitrogens with two attached hydrogens (primary N) is 1. The number of halogens is 1. The van der Waals surface area contributed by atoms with Gasteiger partial charge in [-0.15, -0.1) is 0 Å². The van der Waals surface area contributed by atoms with E-state index in [-0.39, 0.29) is 19.1 Å². The lowest BCUT2D eigenvalue weighted by molar-refractivity contribution is 0.00233. The van der Waals surface area contributed by atoms with Gasteiger partial charge in [0, 0.05) is 24.6 Å². The highest BCUT2D eigenvalue weighted by Gasteiger charge is 2.34. The molecule has 37 heavy (non-hydrogen) atoms. The van der Waals surface area contributed by atoms with Crippen LogP contribution in [0.2, 0.25) is 0 Å². The number of ether oxygens (including phenoxy) is 1. The van der Waals surface area contributed by atoms with Crippen LogP contribution in [-0.4, -0.2) is 69.5 Å². The standard InChI is InChI=1S/C25H28FN7O4/c1-12-22-18(32-25(27)29-12)9-17(31-24(22)33-37-11-19-23(35)20(34)10-28-19)14-7-6-13(26)8-15(14)16-4-3-5-21(30-16)36-2/h3-8,17,19-20,23,28,34-35H,9-11H2,1-2H3,(H,31,33)(H2,27,29,32)/t17-,19-,20+,23-/m1/s1. The molecule has 0 unspecified atom stereocenters. The molecule has 1 saturated heterocycles. The van der Waals surface area contributed by atoms with E-state index in [1.807, 2.05) is 0 Å². The Bertz CT molecular complexity index is 1340. The molecule has 0 amide bonds. The maximum Gasteiger partial charge on any atom is 0.220 e. The van der Waals surface area contributed by atoms with Crippen LogP contribution < -0.4 is 21.3 Å². The minimum Gasteiger partial charge on any atom is -0.481 e. The highest BCUT2D eigenvalue weighted by atomic mass is 19.1. The number of aryl methyl sites for hydroxylation is 1. The minimum atomic E-state index is -0.947. The topological polar surface area (TPSA) is 160 Å². The van der Waals surface area contributed by atoms with Crippen LogP contribution in [0.4, 0.5) is 10.3 Å². The Hall–Kier alpha value is -3.71. The predicted molar refractivity (Wildman–Crippen MR) is 133 cm³/mol. The zero-order chi connectivity index (χ0) is 26.1. The molecule has 4 atom stereocenters. The second-order valence-corrected chi connectivity index (χ2v) is 8.97. The fourth-order valence-electron chi connectivity index (χ4n) is 4.68. The lowest BCUT2D eigenvalue weighted by Crippen LogP contribution is -2.41. The SMILES string of the molecule is COc1cccc(-c2cc(F)ccc2[C@H]2Cc3nc(N)nc(C)c3C(NOC[C@H]3NC[C@H](O)[C@@H]3O)=N2)n1. The molecule has 0 saturated carbocycles. The van der Waals surface area contributed by atoms with Crippen molar-refractivity contribution in [2.45, 2.75) is 37.6 Å². The maximum atomic E-state index is 14.4. The Labute approximate surface area is 212 Å². The zero-order valence-corrected chi connectivity index (χ0v) is 20.3. The normalized spacial score (nSPS) is 22.9. The second kappa shape index (κ2) is 10.3. The number of fused-ring (bicyclic) bond motifs is 1. The molecule has 0 aliphatic carbocycles. The van der Waals surface area contributed by atoms with Crippen LogP contribution in [0.25, 0.3) is 11.3 Å². The average molecular weight is 510 g/mol. The first kappa shape index (κ1) is 25.0. The van der Waals surface area contributed by atoms with E-state index in [0.717, 1.165) is 5.56 Å². The van der Waals surface area contributed by atoms with Crippen molar-refractivity contribution in [3.63, 3.8) is 0 Å². The number of aromatic nitrogens is 3. The van der Waals surface area contributed by atoms with E-state index >= 15 is 0 Å². The lowest BCUT2D eigenvalue weighted by atomic mass is 9.91. The van der Waals surface area contributed by atoms with Crippen molar-refractivity contribution < 1.29 is 24.2 Å². The summed E-state index contributed by atoms with van der Waals surface area (Å²) in [5.41, 5.74) is 12.6. The van der Waals surface area contributed by atoms with Crippen LogP contribution in [0.5, 0.6) is 5.88 Å². The molecular formula is C25H28FN7O4. The van der Waals surface area contributed by atoms with E-state index in [0.29, 0.717) is 46.3 Å². The van der Waals surface area contributed by atoms with Gasteiger partial charge in [0.15, 0.2) is 5.84 Å². The van der Waals surface area contributed by atoms with Gasteiger partial charge >= 0.3 is 0 Å². The van der Waals surface area contributed by atoms with Crippen molar-refractivity contribution in [2.75, 3.05) is 26.0 Å². The molecule has 0 radical (unpaired) electrons. The molecule has 2 aromatic heterocycles. The monoisotopic (exact) mass is 509 g/mol. The number of anilines is 1. The predicted octanol–water partition coefficient (Wildman–Crippen LogP) is 0.836. The first-order valence-corrected chi connectivity index (χ1v) is 11.8. The Morgan fingerprint density at radius 1 is 1.19 bits per heavy atom. The summed E-state index contributed by atoms with van der Waals surface area (Å²) in [6.45, 7) is 2.15. The summed E-state index contributed by atoms with van der Waals surface area (Å²) >= 11 is 0. The van der Waals surface area contributed by atoms with E-state index in [2.05, 4.69) is 25.7 Å². The van der Waals surface area contributed by atoms with Gasteiger partial charge in [0.2, 0.25) is 11.8 Å². The minimum absolute atomic E-state index is 0.0711. The molecule has 6 N–H and O–H groups in total. The number of aliphatic hydroxyl groups excluding tert-OH is 2. The molecular weight excluding hydrogens is 481 g/mol. The second-order valence-electron chi connectivity index (χ2n) is 8.97. The number of β-amino-alcohol motifs (C(OH)–C–C–N with tert-alkyl or cyclic N) is 1. The number of hydrogen-bond donors (Lipinski definition) is 5. The molecule has 2 aliphatic rings. The first-order chi connectivity index (χ1) is 17.8. The fraction of sp³-hybridized carbons (Fsp3) is 0.360. The van der Waals surface area contributed by atoms with E-state index < -0.39 is 30.1 Å². The third kappa shape index (κ3) is 5.09. The smallest absolute Gasteiger partial charge is 0.220 e. The molecule has 2 aliphatic heterocycles. The van der Waals surface area contributed by atoms with Crippen LogP contribution in [0.3, 0.4) is 0 Å². The molecule has 0 bridgehead atoms. The quantitative estimate of drug-likeness (QED) is 0.301. The van der Waals surface area contributed by atoms with Crippen molar-refractivity contribution in [2.24, 2.45) is 4.99 Å². The fourth-order valence-corrected chi connectivity index (χ4v) is 4.68. The summed E-state index contributed by atoms with van der Waals surface area (Å²) in [4.78, 5) is 23.8. The van der Waals surface area contributed by atoms with E-state index in [1.54, 1.807) is 31.2 Å². The highest BCUT2D eigenvalue weighted by Crippen LogP contribution is 2.36. The Morgan fingerprint density at radius 2 is 2.03 bits per heavy atom. The van der Waals surface area contributed by atoms with Crippen LogP contribution in [0, 0.1) is 12.7 Å². The van der Waals surface area contributed by atoms with Gasteiger partial charge in [-0.25, -0.2) is 24.8 Å². The summed E-state index contributed by atoms with van der Waals surface area (Å²) in [6.07, 6.45) is -1.41. The van der Waals surface area contributed by atoms with Gasteiger partial charge < -0.3 is 26.0 Å². The van der Waals surface area contributed by atoms with Crippen molar-refractivity contribution in [3.8, 4) is 17.1 Å². The number of hydroxylamine groups is 1. The maximum absolute atomic E-state index is 14.4. The van der Waals surface area contributed by atoms with Crippen LogP contribution >= 0.6 is 0 Å². The molecule has 194 valence electrons. The number of rotatable bonds is 6. The van der Waals surface area contributed by atoms with Crippen molar-refractivity contribution in [1.29, 1.82) is 0 Å². The molecule has 1 fully saturated rings. The summed E-state index contributed by atoms with van der Waals surface area (Å²) in [7, 11) is 1.52. The van der Waals surface area contributed by atoms with Crippen molar-refractivity contribution in [1.82, 2.24) is 25.7 Å². The lowest BCUT2D eigenvalue weighted by Gasteiger charge is -2.26. The van der Waals surface area contributed by atoms with Gasteiger partial charge in [-0.1, -0.05) is 12.1 Å². The molecule has 11 nitrogen and oxygen atoms in total. The summed E-state index contributed by atoms with van der Waals surface area (Å²) < 4.78 is 19.6. The molecule has 3 aromatic rings. The highest BCUT2D eigenvalue weighted by molar-refractivity contribution is 6.01. The third-order valence-electron chi connectivity index (χ3n) is 6.50. The Balaban J connectivity index is 1.50. The number of pyridine rings is 1. The number of amidine groups is 1. The summed E-state index contributed by atoms with van der Waals surface area (Å²) in [5, 5.41) is 22.9. The van der Waals surface area contributed by atoms with Crippen molar-refractivity contribution >= 4 is 11.8 Å².